The fraction of sp³-hybridized carbons (Fsp3) is 0.818. The summed E-state index contributed by atoms with van der Waals surface area (Å²) in [6, 6.07) is 0. The summed E-state index contributed by atoms with van der Waals surface area (Å²) < 4.78 is 31.9. The smallest absolute Gasteiger partial charge is 0.355 e. The van der Waals surface area contributed by atoms with Crippen LogP contribution in [0.1, 0.15) is 39.0 Å². The second-order valence-electron chi connectivity index (χ2n) is 4.35. The largest absolute Gasteiger partial charge is 0.498 e. The molecule has 0 radical (unpaired) electrons. The Hall–Kier alpha value is -0.260. The molecule has 1 aliphatic rings. The Kier molecular flexibility index (Phi) is 5.28. The first-order valence-corrected chi connectivity index (χ1v) is 8.04. The van der Waals surface area contributed by atoms with Crippen LogP contribution in [0.5, 0.6) is 0 Å². The van der Waals surface area contributed by atoms with Gasteiger partial charge in [-0.15, -0.1) is 0 Å². The highest BCUT2D eigenvalue weighted by Gasteiger charge is 2.38. The highest BCUT2D eigenvalue weighted by molar-refractivity contribution is 8.09. The van der Waals surface area contributed by atoms with Crippen LogP contribution >= 0.6 is 10.7 Å². The third-order valence-electron chi connectivity index (χ3n) is 3.20. The number of halogens is 1. The number of rotatable bonds is 6. The van der Waals surface area contributed by atoms with E-state index in [1.54, 1.807) is 0 Å². The van der Waals surface area contributed by atoms with Crippen LogP contribution in [-0.4, -0.2) is 21.6 Å². The highest BCUT2D eigenvalue weighted by Crippen LogP contribution is 2.42. The van der Waals surface area contributed by atoms with E-state index in [2.05, 4.69) is 6.58 Å². The minimum atomic E-state index is -3.93. The number of hydrogen-bond acceptors (Lipinski definition) is 4. The molecule has 0 amide bonds. The van der Waals surface area contributed by atoms with Gasteiger partial charge in [-0.1, -0.05) is 25.8 Å². The van der Waals surface area contributed by atoms with Gasteiger partial charge in [-0.25, -0.2) is 0 Å². The second-order valence-corrected chi connectivity index (χ2v) is 6.51. The van der Waals surface area contributed by atoms with E-state index in [1.807, 2.05) is 6.92 Å². The topological polar surface area (TPSA) is 52.6 Å². The summed E-state index contributed by atoms with van der Waals surface area (Å²) in [5.74, 6) is 0.611. The maximum atomic E-state index is 10.9. The molecule has 17 heavy (non-hydrogen) atoms. The van der Waals surface area contributed by atoms with Crippen molar-refractivity contribution >= 4 is 20.0 Å². The van der Waals surface area contributed by atoms with Gasteiger partial charge in [0, 0.05) is 10.7 Å². The maximum absolute atomic E-state index is 10.9. The lowest BCUT2D eigenvalue weighted by Crippen LogP contribution is -2.33. The van der Waals surface area contributed by atoms with Crippen molar-refractivity contribution in [2.75, 3.05) is 13.2 Å². The third-order valence-corrected chi connectivity index (χ3v) is 3.86. The molecule has 6 heteroatoms. The molecule has 0 spiro atoms. The third kappa shape index (κ3) is 4.48. The molecular weight excluding hydrogens is 264 g/mol. The van der Waals surface area contributed by atoms with Crippen LogP contribution < -0.4 is 0 Å². The fourth-order valence-corrected chi connectivity index (χ4v) is 2.74. The first-order chi connectivity index (χ1) is 7.90. The van der Waals surface area contributed by atoms with Crippen LogP contribution in [0.4, 0.5) is 0 Å². The zero-order valence-electron chi connectivity index (χ0n) is 10.1. The van der Waals surface area contributed by atoms with Crippen LogP contribution in [0.2, 0.25) is 0 Å². The van der Waals surface area contributed by atoms with Gasteiger partial charge in [0.25, 0.3) is 0 Å². The summed E-state index contributed by atoms with van der Waals surface area (Å²) in [5.41, 5.74) is -0.407. The monoisotopic (exact) mass is 282 g/mol. The molecule has 0 bridgehead atoms. The summed E-state index contributed by atoms with van der Waals surface area (Å²) in [6.07, 6.45) is 4.86. The van der Waals surface area contributed by atoms with Gasteiger partial charge >= 0.3 is 9.33 Å². The SMILES string of the molecule is C=C(OCC)C1(COS(=O)(=O)Cl)CCCCC1. The minimum Gasteiger partial charge on any atom is -0.498 e. The van der Waals surface area contributed by atoms with Gasteiger partial charge in [0.15, 0.2) is 0 Å². The lowest BCUT2D eigenvalue weighted by molar-refractivity contribution is 0.0605. The predicted molar refractivity (Wildman–Crippen MR) is 67.0 cm³/mol. The standard InChI is InChI=1S/C11H19ClO4S/c1-3-15-10(2)11(7-5-4-6-8-11)9-16-17(12,13)14/h2-9H2,1H3. The van der Waals surface area contributed by atoms with E-state index in [9.17, 15) is 8.42 Å². The summed E-state index contributed by atoms with van der Waals surface area (Å²) in [5, 5.41) is 0. The Morgan fingerprint density at radius 3 is 2.41 bits per heavy atom. The van der Waals surface area contributed by atoms with Gasteiger partial charge in [-0.2, -0.15) is 8.42 Å². The van der Waals surface area contributed by atoms with Crippen molar-refractivity contribution in [2.24, 2.45) is 5.41 Å². The molecule has 0 unspecified atom stereocenters. The molecule has 1 fully saturated rings. The summed E-state index contributed by atoms with van der Waals surface area (Å²) in [6.45, 7) is 6.32. The number of hydrogen-bond donors (Lipinski definition) is 0. The van der Waals surface area contributed by atoms with Crippen molar-refractivity contribution in [3.8, 4) is 0 Å². The summed E-state index contributed by atoms with van der Waals surface area (Å²) >= 11 is 0. The normalized spacial score (nSPS) is 19.9. The Morgan fingerprint density at radius 2 is 1.94 bits per heavy atom. The van der Waals surface area contributed by atoms with E-state index in [0.717, 1.165) is 32.1 Å². The molecule has 0 N–H and O–H groups in total. The van der Waals surface area contributed by atoms with Crippen LogP contribution in [0, 0.1) is 5.41 Å². The van der Waals surface area contributed by atoms with E-state index in [4.69, 9.17) is 19.6 Å². The van der Waals surface area contributed by atoms with Gasteiger partial charge < -0.3 is 4.74 Å². The number of ether oxygens (including phenoxy) is 1. The average molecular weight is 283 g/mol. The fourth-order valence-electron chi connectivity index (χ4n) is 2.24. The molecule has 0 heterocycles. The zero-order chi connectivity index (χ0) is 12.9. The summed E-state index contributed by atoms with van der Waals surface area (Å²) in [7, 11) is 1.14. The molecule has 100 valence electrons. The van der Waals surface area contributed by atoms with E-state index in [0.29, 0.717) is 12.4 Å². The maximum Gasteiger partial charge on any atom is 0.355 e. The lowest BCUT2D eigenvalue weighted by Gasteiger charge is -2.37. The molecule has 0 atom stereocenters. The van der Waals surface area contributed by atoms with Crippen molar-refractivity contribution in [1.82, 2.24) is 0 Å². The molecule has 1 aliphatic carbocycles. The van der Waals surface area contributed by atoms with E-state index >= 15 is 0 Å². The minimum absolute atomic E-state index is 0.0255. The Labute approximate surface area is 108 Å². The Balaban J connectivity index is 2.74. The molecule has 1 saturated carbocycles. The van der Waals surface area contributed by atoms with Crippen molar-refractivity contribution in [3.63, 3.8) is 0 Å². The first-order valence-electron chi connectivity index (χ1n) is 5.81. The van der Waals surface area contributed by atoms with Gasteiger partial charge in [0.05, 0.1) is 24.4 Å². The molecule has 0 aromatic heterocycles. The van der Waals surface area contributed by atoms with E-state index in [-0.39, 0.29) is 6.61 Å². The molecular formula is C11H19ClO4S. The lowest BCUT2D eigenvalue weighted by atomic mass is 9.73. The van der Waals surface area contributed by atoms with Crippen molar-refractivity contribution in [3.05, 3.63) is 12.3 Å². The van der Waals surface area contributed by atoms with Crippen LogP contribution in [0.25, 0.3) is 0 Å². The molecule has 0 saturated heterocycles. The van der Waals surface area contributed by atoms with Crippen LogP contribution in [0.3, 0.4) is 0 Å². The molecule has 4 nitrogen and oxygen atoms in total. The van der Waals surface area contributed by atoms with E-state index in [1.165, 1.54) is 0 Å². The summed E-state index contributed by atoms with van der Waals surface area (Å²) in [4.78, 5) is 0. The molecule has 0 aromatic rings. The van der Waals surface area contributed by atoms with Crippen LogP contribution in [0.15, 0.2) is 12.3 Å². The van der Waals surface area contributed by atoms with E-state index < -0.39 is 14.7 Å². The second kappa shape index (κ2) is 6.07. The average Bonchev–Trinajstić information content (AvgIpc) is 2.27. The first kappa shape index (κ1) is 14.8. The van der Waals surface area contributed by atoms with Crippen molar-refractivity contribution in [1.29, 1.82) is 0 Å². The molecule has 1 rings (SSSR count). The van der Waals surface area contributed by atoms with Gasteiger partial charge in [-0.05, 0) is 19.8 Å². The Bertz CT molecular complexity index is 358. The quantitative estimate of drug-likeness (QED) is 0.555. The molecule has 0 aromatic carbocycles. The van der Waals surface area contributed by atoms with Gasteiger partial charge in [-0.3, -0.25) is 4.18 Å². The van der Waals surface area contributed by atoms with Crippen molar-refractivity contribution < 1.29 is 17.3 Å². The van der Waals surface area contributed by atoms with Gasteiger partial charge in [0.1, 0.15) is 0 Å². The molecule has 0 aliphatic heterocycles. The van der Waals surface area contributed by atoms with Crippen molar-refractivity contribution in [2.45, 2.75) is 39.0 Å². The predicted octanol–water partition coefficient (Wildman–Crippen LogP) is 2.99. The highest BCUT2D eigenvalue weighted by atomic mass is 35.7. The Morgan fingerprint density at radius 1 is 1.35 bits per heavy atom. The zero-order valence-corrected chi connectivity index (χ0v) is 11.6. The van der Waals surface area contributed by atoms with Crippen LogP contribution in [-0.2, 0) is 18.3 Å². The van der Waals surface area contributed by atoms with Gasteiger partial charge in [0.2, 0.25) is 0 Å².